The molecule has 0 aliphatic heterocycles. The first-order valence-electron chi connectivity index (χ1n) is 5.09. The highest BCUT2D eigenvalue weighted by Gasteiger charge is 2.08. The van der Waals surface area contributed by atoms with Gasteiger partial charge >= 0.3 is 5.97 Å². The van der Waals surface area contributed by atoms with Crippen LogP contribution in [0.1, 0.15) is 20.3 Å². The molecule has 0 saturated carbocycles. The summed E-state index contributed by atoms with van der Waals surface area (Å²) in [6, 6.07) is 0. The number of nitrogens with one attached hydrogen (secondary N) is 1. The molecule has 0 fully saturated rings. The third-order valence-electron chi connectivity index (χ3n) is 1.73. The molecule has 0 rings (SSSR count). The van der Waals surface area contributed by atoms with Crippen molar-refractivity contribution >= 4 is 5.97 Å². The van der Waals surface area contributed by atoms with E-state index < -0.39 is 0 Å². The number of hydrogen-bond acceptors (Lipinski definition) is 4. The zero-order valence-corrected chi connectivity index (χ0v) is 9.67. The van der Waals surface area contributed by atoms with E-state index in [0.29, 0.717) is 6.54 Å². The standard InChI is InChI=1S/C10H22N2O2/c1-9(2)14-10(13)8-12(4)7-5-6-11-3/h9,11H,5-8H2,1-4H3. The Morgan fingerprint density at radius 1 is 1.50 bits per heavy atom. The van der Waals surface area contributed by atoms with Gasteiger partial charge in [0.2, 0.25) is 0 Å². The van der Waals surface area contributed by atoms with Crippen LogP contribution in [0, 0.1) is 0 Å². The largest absolute Gasteiger partial charge is 0.462 e. The summed E-state index contributed by atoms with van der Waals surface area (Å²) in [5.74, 6) is -0.146. The molecule has 0 spiro atoms. The Morgan fingerprint density at radius 2 is 2.14 bits per heavy atom. The summed E-state index contributed by atoms with van der Waals surface area (Å²) in [5.41, 5.74) is 0. The van der Waals surface area contributed by atoms with E-state index in [-0.39, 0.29) is 12.1 Å². The van der Waals surface area contributed by atoms with E-state index >= 15 is 0 Å². The maximum atomic E-state index is 11.2. The maximum Gasteiger partial charge on any atom is 0.320 e. The highest BCUT2D eigenvalue weighted by molar-refractivity contribution is 5.71. The third-order valence-corrected chi connectivity index (χ3v) is 1.73. The van der Waals surface area contributed by atoms with E-state index in [2.05, 4.69) is 5.32 Å². The number of likely N-dealkylation sites (N-methyl/N-ethyl adjacent to an activating group) is 1. The van der Waals surface area contributed by atoms with Gasteiger partial charge in [-0.15, -0.1) is 0 Å². The molecular formula is C10H22N2O2. The van der Waals surface area contributed by atoms with Crippen LogP contribution in [0.25, 0.3) is 0 Å². The molecule has 0 saturated heterocycles. The van der Waals surface area contributed by atoms with Crippen LogP contribution in [0.3, 0.4) is 0 Å². The Kier molecular flexibility index (Phi) is 7.42. The van der Waals surface area contributed by atoms with E-state index in [1.54, 1.807) is 0 Å². The summed E-state index contributed by atoms with van der Waals surface area (Å²) in [5, 5.41) is 3.07. The summed E-state index contributed by atoms with van der Waals surface area (Å²) in [6.07, 6.45) is 1.02. The fourth-order valence-electron chi connectivity index (χ4n) is 1.13. The van der Waals surface area contributed by atoms with Crippen molar-refractivity contribution in [1.29, 1.82) is 0 Å². The van der Waals surface area contributed by atoms with E-state index in [1.165, 1.54) is 0 Å². The molecule has 4 heteroatoms. The lowest BCUT2D eigenvalue weighted by Gasteiger charge is -2.16. The molecular weight excluding hydrogens is 180 g/mol. The lowest BCUT2D eigenvalue weighted by molar-refractivity contribution is -0.148. The first-order valence-corrected chi connectivity index (χ1v) is 5.09. The zero-order valence-electron chi connectivity index (χ0n) is 9.67. The molecule has 0 radical (unpaired) electrons. The summed E-state index contributed by atoms with van der Waals surface area (Å²) >= 11 is 0. The van der Waals surface area contributed by atoms with Crippen molar-refractivity contribution in [2.24, 2.45) is 0 Å². The number of nitrogens with zero attached hydrogens (tertiary/aromatic N) is 1. The Hall–Kier alpha value is -0.610. The van der Waals surface area contributed by atoms with Crippen molar-refractivity contribution in [1.82, 2.24) is 10.2 Å². The molecule has 0 aromatic carbocycles. The molecule has 0 aromatic rings. The molecule has 0 aromatic heterocycles. The van der Waals surface area contributed by atoms with Gasteiger partial charge in [-0.25, -0.2) is 0 Å². The van der Waals surface area contributed by atoms with Crippen LogP contribution in [-0.2, 0) is 9.53 Å². The molecule has 0 amide bonds. The van der Waals surface area contributed by atoms with Gasteiger partial charge in [-0.2, -0.15) is 0 Å². The minimum absolute atomic E-state index is 0.0202. The molecule has 0 aliphatic rings. The van der Waals surface area contributed by atoms with Gasteiger partial charge in [0.1, 0.15) is 0 Å². The smallest absolute Gasteiger partial charge is 0.320 e. The zero-order chi connectivity index (χ0) is 11.0. The number of ether oxygens (including phenoxy) is 1. The Labute approximate surface area is 86.6 Å². The third kappa shape index (κ3) is 8.01. The number of hydrogen-bond donors (Lipinski definition) is 1. The molecule has 14 heavy (non-hydrogen) atoms. The Bertz CT molecular complexity index is 160. The SMILES string of the molecule is CNCCCN(C)CC(=O)OC(C)C. The van der Waals surface area contributed by atoms with Gasteiger partial charge in [0.15, 0.2) is 0 Å². The van der Waals surface area contributed by atoms with Crippen molar-refractivity contribution in [3.8, 4) is 0 Å². The normalized spacial score (nSPS) is 11.0. The van der Waals surface area contributed by atoms with E-state index in [0.717, 1.165) is 19.5 Å². The van der Waals surface area contributed by atoms with E-state index in [1.807, 2.05) is 32.8 Å². The fraction of sp³-hybridized carbons (Fsp3) is 0.900. The average molecular weight is 202 g/mol. The predicted molar refractivity (Wildman–Crippen MR) is 57.3 cm³/mol. The fourth-order valence-corrected chi connectivity index (χ4v) is 1.13. The van der Waals surface area contributed by atoms with Crippen molar-refractivity contribution in [3.63, 3.8) is 0 Å². The van der Waals surface area contributed by atoms with Gasteiger partial charge in [0, 0.05) is 0 Å². The summed E-state index contributed by atoms with van der Waals surface area (Å²) < 4.78 is 5.03. The predicted octanol–water partition coefficient (Wildman–Crippen LogP) is 0.479. The van der Waals surface area contributed by atoms with Crippen molar-refractivity contribution in [2.75, 3.05) is 33.7 Å². The molecule has 4 nitrogen and oxygen atoms in total. The second-order valence-corrected chi connectivity index (χ2v) is 3.73. The van der Waals surface area contributed by atoms with Gasteiger partial charge in [-0.3, -0.25) is 9.69 Å². The molecule has 0 bridgehead atoms. The highest BCUT2D eigenvalue weighted by Crippen LogP contribution is 1.92. The lowest BCUT2D eigenvalue weighted by atomic mass is 10.4. The van der Waals surface area contributed by atoms with Gasteiger partial charge in [0.25, 0.3) is 0 Å². The van der Waals surface area contributed by atoms with Crippen LogP contribution in [0.5, 0.6) is 0 Å². The van der Waals surface area contributed by atoms with Crippen LogP contribution in [-0.4, -0.2) is 50.7 Å². The Balaban J connectivity index is 3.50. The molecule has 0 atom stereocenters. The number of carbonyl (C=O) groups is 1. The minimum Gasteiger partial charge on any atom is -0.462 e. The highest BCUT2D eigenvalue weighted by atomic mass is 16.5. The van der Waals surface area contributed by atoms with Crippen LogP contribution in [0.15, 0.2) is 0 Å². The number of carbonyl (C=O) groups excluding carboxylic acids is 1. The van der Waals surface area contributed by atoms with E-state index in [9.17, 15) is 4.79 Å². The molecule has 0 unspecified atom stereocenters. The summed E-state index contributed by atoms with van der Waals surface area (Å²) in [6.45, 7) is 5.98. The Morgan fingerprint density at radius 3 is 2.64 bits per heavy atom. The average Bonchev–Trinajstić information content (AvgIpc) is 2.02. The van der Waals surface area contributed by atoms with Gasteiger partial charge in [-0.05, 0) is 47.5 Å². The quantitative estimate of drug-likeness (QED) is 0.481. The number of rotatable bonds is 7. The monoisotopic (exact) mass is 202 g/mol. The minimum atomic E-state index is -0.146. The van der Waals surface area contributed by atoms with Crippen molar-refractivity contribution in [3.05, 3.63) is 0 Å². The van der Waals surface area contributed by atoms with Gasteiger partial charge in [-0.1, -0.05) is 0 Å². The van der Waals surface area contributed by atoms with Crippen LogP contribution >= 0.6 is 0 Å². The molecule has 0 heterocycles. The van der Waals surface area contributed by atoms with Crippen molar-refractivity contribution in [2.45, 2.75) is 26.4 Å². The maximum absolute atomic E-state index is 11.2. The van der Waals surface area contributed by atoms with Crippen LogP contribution < -0.4 is 5.32 Å². The molecule has 0 aliphatic carbocycles. The summed E-state index contributed by atoms with van der Waals surface area (Å²) in [7, 11) is 3.85. The van der Waals surface area contributed by atoms with Crippen molar-refractivity contribution < 1.29 is 9.53 Å². The van der Waals surface area contributed by atoms with Gasteiger partial charge in [0.05, 0.1) is 12.6 Å². The molecule has 84 valence electrons. The second-order valence-electron chi connectivity index (χ2n) is 3.73. The molecule has 1 N–H and O–H groups in total. The van der Waals surface area contributed by atoms with Gasteiger partial charge < -0.3 is 10.1 Å². The summed E-state index contributed by atoms with van der Waals surface area (Å²) in [4.78, 5) is 13.2. The van der Waals surface area contributed by atoms with Crippen LogP contribution in [0.2, 0.25) is 0 Å². The topological polar surface area (TPSA) is 41.6 Å². The first kappa shape index (κ1) is 13.4. The first-order chi connectivity index (χ1) is 6.56. The van der Waals surface area contributed by atoms with Crippen LogP contribution in [0.4, 0.5) is 0 Å². The number of esters is 1. The second kappa shape index (κ2) is 7.76. The lowest BCUT2D eigenvalue weighted by Crippen LogP contribution is -2.30. The van der Waals surface area contributed by atoms with E-state index in [4.69, 9.17) is 4.74 Å².